The molecule has 0 bridgehead atoms. The van der Waals surface area contributed by atoms with Gasteiger partial charge in [-0.25, -0.2) is 4.98 Å². The molecule has 1 heterocycles. The van der Waals surface area contributed by atoms with E-state index in [0.717, 1.165) is 26.9 Å². The number of fused-ring (bicyclic) bond motifs is 1. The van der Waals surface area contributed by atoms with Crippen molar-refractivity contribution in [3.63, 3.8) is 0 Å². The first-order valence-corrected chi connectivity index (χ1v) is 6.55. The number of rotatable bonds is 2. The Kier molecular flexibility index (Phi) is 2.91. The number of hydrogen-bond donors (Lipinski definition) is 1. The van der Waals surface area contributed by atoms with Gasteiger partial charge in [0.15, 0.2) is 0 Å². The van der Waals surface area contributed by atoms with Crippen LogP contribution in [0.3, 0.4) is 0 Å². The van der Waals surface area contributed by atoms with E-state index in [2.05, 4.69) is 20.9 Å². The summed E-state index contributed by atoms with van der Waals surface area (Å²) in [6, 6.07) is 11.6. The van der Waals surface area contributed by atoms with Crippen LogP contribution in [0.1, 0.15) is 0 Å². The average Bonchev–Trinajstić information content (AvgIpc) is 2.81. The van der Waals surface area contributed by atoms with Gasteiger partial charge in [-0.15, -0.1) is 0 Å². The average molecular weight is 318 g/mol. The van der Waals surface area contributed by atoms with Crippen molar-refractivity contribution in [3.8, 4) is 11.4 Å². The summed E-state index contributed by atoms with van der Waals surface area (Å²) < 4.78 is 8.15. The largest absolute Gasteiger partial charge is 0.496 e. The molecule has 2 N–H and O–H groups in total. The van der Waals surface area contributed by atoms with Crippen molar-refractivity contribution in [3.05, 3.63) is 47.2 Å². The van der Waals surface area contributed by atoms with Gasteiger partial charge in [0.1, 0.15) is 12.1 Å². The summed E-state index contributed by atoms with van der Waals surface area (Å²) in [6.45, 7) is 0. The van der Waals surface area contributed by atoms with Crippen molar-refractivity contribution in [2.24, 2.45) is 0 Å². The van der Waals surface area contributed by atoms with Crippen LogP contribution in [0.15, 0.2) is 47.2 Å². The first kappa shape index (κ1) is 12.0. The molecule has 0 radical (unpaired) electrons. The molecule has 4 nitrogen and oxygen atoms in total. The predicted octanol–water partition coefficient (Wildman–Crippen LogP) is 3.38. The number of aromatic nitrogens is 2. The molecule has 19 heavy (non-hydrogen) atoms. The summed E-state index contributed by atoms with van der Waals surface area (Å²) in [5.74, 6) is 0.803. The summed E-state index contributed by atoms with van der Waals surface area (Å²) >= 11 is 3.49. The molecule has 3 rings (SSSR count). The lowest BCUT2D eigenvalue weighted by molar-refractivity contribution is 0.412. The summed E-state index contributed by atoms with van der Waals surface area (Å²) in [6.07, 6.45) is 1.79. The third-order valence-electron chi connectivity index (χ3n) is 2.98. The highest BCUT2D eigenvalue weighted by atomic mass is 79.9. The van der Waals surface area contributed by atoms with Crippen LogP contribution in [-0.4, -0.2) is 16.7 Å². The molecule has 1 aromatic heterocycles. The maximum absolute atomic E-state index is 5.76. The molecular weight excluding hydrogens is 306 g/mol. The Hall–Kier alpha value is -2.01. The first-order chi connectivity index (χ1) is 9.19. The monoisotopic (exact) mass is 317 g/mol. The highest BCUT2D eigenvalue weighted by Gasteiger charge is 2.07. The van der Waals surface area contributed by atoms with E-state index in [1.54, 1.807) is 13.4 Å². The fourth-order valence-corrected chi connectivity index (χ4v) is 2.57. The zero-order valence-corrected chi connectivity index (χ0v) is 11.9. The van der Waals surface area contributed by atoms with E-state index in [-0.39, 0.29) is 0 Å². The molecule has 0 amide bonds. The SMILES string of the molecule is COc1ccc(-n2cnc3cc(N)ccc32)cc1Br. The molecule has 0 fully saturated rings. The standard InChI is InChI=1S/C14H12BrN3O/c1-19-14-5-3-10(7-11(14)15)18-8-17-12-6-9(16)2-4-13(12)18/h2-8H,16H2,1H3. The predicted molar refractivity (Wildman–Crippen MR) is 79.7 cm³/mol. The lowest BCUT2D eigenvalue weighted by Crippen LogP contribution is -1.93. The van der Waals surface area contributed by atoms with Crippen molar-refractivity contribution < 1.29 is 4.74 Å². The van der Waals surface area contributed by atoms with Crippen molar-refractivity contribution in [1.29, 1.82) is 0 Å². The number of methoxy groups -OCH3 is 1. The van der Waals surface area contributed by atoms with Gasteiger partial charge in [0.05, 0.1) is 22.6 Å². The smallest absolute Gasteiger partial charge is 0.133 e. The number of nitrogen functional groups attached to an aromatic ring is 1. The molecular formula is C14H12BrN3O. The van der Waals surface area contributed by atoms with Gasteiger partial charge in [0.25, 0.3) is 0 Å². The van der Waals surface area contributed by atoms with E-state index in [9.17, 15) is 0 Å². The topological polar surface area (TPSA) is 53.1 Å². The van der Waals surface area contributed by atoms with Crippen LogP contribution in [-0.2, 0) is 0 Å². The molecule has 0 atom stereocenters. The second-order valence-electron chi connectivity index (χ2n) is 4.18. The van der Waals surface area contributed by atoms with E-state index in [4.69, 9.17) is 10.5 Å². The molecule has 0 saturated carbocycles. The minimum atomic E-state index is 0.716. The Morgan fingerprint density at radius 1 is 1.21 bits per heavy atom. The molecule has 5 heteroatoms. The van der Waals surface area contributed by atoms with Crippen LogP contribution in [0.4, 0.5) is 5.69 Å². The first-order valence-electron chi connectivity index (χ1n) is 5.75. The summed E-state index contributed by atoms with van der Waals surface area (Å²) in [7, 11) is 1.65. The summed E-state index contributed by atoms with van der Waals surface area (Å²) in [5.41, 5.74) is 9.39. The molecule has 0 aliphatic heterocycles. The number of imidazole rings is 1. The van der Waals surface area contributed by atoms with E-state index in [0.29, 0.717) is 5.69 Å². The third-order valence-corrected chi connectivity index (χ3v) is 3.60. The Morgan fingerprint density at radius 2 is 2.05 bits per heavy atom. The van der Waals surface area contributed by atoms with Crippen LogP contribution < -0.4 is 10.5 Å². The van der Waals surface area contributed by atoms with E-state index in [1.165, 1.54) is 0 Å². The fraction of sp³-hybridized carbons (Fsp3) is 0.0714. The van der Waals surface area contributed by atoms with Crippen LogP contribution in [0.5, 0.6) is 5.75 Å². The van der Waals surface area contributed by atoms with Crippen molar-refractivity contribution >= 4 is 32.7 Å². The third kappa shape index (κ3) is 2.06. The number of halogens is 1. The lowest BCUT2D eigenvalue weighted by Gasteiger charge is -2.08. The van der Waals surface area contributed by atoms with Crippen molar-refractivity contribution in [1.82, 2.24) is 9.55 Å². The lowest BCUT2D eigenvalue weighted by atomic mass is 10.2. The molecule has 0 saturated heterocycles. The second-order valence-corrected chi connectivity index (χ2v) is 5.04. The maximum atomic E-state index is 5.76. The zero-order chi connectivity index (χ0) is 13.4. The van der Waals surface area contributed by atoms with E-state index in [1.807, 2.05) is 41.0 Å². The van der Waals surface area contributed by atoms with Gasteiger partial charge in [-0.05, 0) is 52.3 Å². The molecule has 2 aromatic carbocycles. The number of ether oxygens (including phenoxy) is 1. The van der Waals surface area contributed by atoms with Gasteiger partial charge in [-0.2, -0.15) is 0 Å². The quantitative estimate of drug-likeness (QED) is 0.737. The van der Waals surface area contributed by atoms with Crippen LogP contribution >= 0.6 is 15.9 Å². The van der Waals surface area contributed by atoms with Gasteiger partial charge < -0.3 is 10.5 Å². The summed E-state index contributed by atoms with van der Waals surface area (Å²) in [5, 5.41) is 0. The van der Waals surface area contributed by atoms with Gasteiger partial charge in [-0.3, -0.25) is 4.57 Å². The number of anilines is 1. The van der Waals surface area contributed by atoms with Crippen LogP contribution in [0.2, 0.25) is 0 Å². The molecule has 0 spiro atoms. The van der Waals surface area contributed by atoms with Crippen LogP contribution in [0.25, 0.3) is 16.7 Å². The van der Waals surface area contributed by atoms with Gasteiger partial charge >= 0.3 is 0 Å². The molecule has 3 aromatic rings. The number of hydrogen-bond acceptors (Lipinski definition) is 3. The Morgan fingerprint density at radius 3 is 2.79 bits per heavy atom. The zero-order valence-electron chi connectivity index (χ0n) is 10.3. The maximum Gasteiger partial charge on any atom is 0.133 e. The number of nitrogens with zero attached hydrogens (tertiary/aromatic N) is 2. The minimum Gasteiger partial charge on any atom is -0.496 e. The number of benzene rings is 2. The van der Waals surface area contributed by atoms with Gasteiger partial charge in [-0.1, -0.05) is 0 Å². The minimum absolute atomic E-state index is 0.716. The van der Waals surface area contributed by atoms with Crippen LogP contribution in [0, 0.1) is 0 Å². The molecule has 96 valence electrons. The Balaban J connectivity index is 2.16. The fourth-order valence-electron chi connectivity index (χ4n) is 2.04. The van der Waals surface area contributed by atoms with Gasteiger partial charge in [0.2, 0.25) is 0 Å². The Bertz CT molecular complexity index is 752. The summed E-state index contributed by atoms with van der Waals surface area (Å²) in [4.78, 5) is 4.36. The highest BCUT2D eigenvalue weighted by molar-refractivity contribution is 9.10. The van der Waals surface area contributed by atoms with E-state index < -0.39 is 0 Å². The van der Waals surface area contributed by atoms with Crippen molar-refractivity contribution in [2.75, 3.05) is 12.8 Å². The second kappa shape index (κ2) is 4.59. The number of nitrogens with two attached hydrogens (primary N) is 1. The molecule has 0 aliphatic rings. The van der Waals surface area contributed by atoms with Gasteiger partial charge in [0, 0.05) is 11.4 Å². The highest BCUT2D eigenvalue weighted by Crippen LogP contribution is 2.28. The van der Waals surface area contributed by atoms with E-state index >= 15 is 0 Å². The Labute approximate surface area is 118 Å². The normalized spacial score (nSPS) is 10.8. The van der Waals surface area contributed by atoms with Crippen molar-refractivity contribution in [2.45, 2.75) is 0 Å². The molecule has 0 aliphatic carbocycles. The molecule has 0 unspecified atom stereocenters.